The molecule has 18 heavy (non-hydrogen) atoms. The summed E-state index contributed by atoms with van der Waals surface area (Å²) in [7, 11) is 0. The molecule has 0 bridgehead atoms. The van der Waals surface area contributed by atoms with E-state index >= 15 is 0 Å². The van der Waals surface area contributed by atoms with Crippen LogP contribution in [0.25, 0.3) is 0 Å². The molecule has 4 nitrogen and oxygen atoms in total. The Morgan fingerprint density at radius 3 is 2.78 bits per heavy atom. The molecule has 4 heteroatoms. The largest absolute Gasteiger partial charge is 0.399 e. The summed E-state index contributed by atoms with van der Waals surface area (Å²) in [6, 6.07) is 5.11. The standard InChI is InChI=1S/C14H20N2O2/c1-9-8-10(15)6-7-11(9)14(18)16-12-4-2-3-5-13(12)17/h6-8,12-13,17H,2-5,15H2,1H3,(H,16,18). The zero-order valence-electron chi connectivity index (χ0n) is 10.6. The van der Waals surface area contributed by atoms with Gasteiger partial charge < -0.3 is 16.2 Å². The number of anilines is 1. The lowest BCUT2D eigenvalue weighted by Gasteiger charge is -2.28. The molecule has 1 aliphatic rings. The molecule has 0 saturated heterocycles. The molecule has 0 aromatic heterocycles. The molecule has 0 heterocycles. The van der Waals surface area contributed by atoms with E-state index in [1.54, 1.807) is 18.2 Å². The van der Waals surface area contributed by atoms with Gasteiger partial charge in [0, 0.05) is 11.3 Å². The normalized spacial score (nSPS) is 23.7. The van der Waals surface area contributed by atoms with Gasteiger partial charge in [-0.05, 0) is 43.5 Å². The molecular weight excluding hydrogens is 228 g/mol. The Morgan fingerprint density at radius 2 is 2.11 bits per heavy atom. The van der Waals surface area contributed by atoms with Crippen molar-refractivity contribution in [3.8, 4) is 0 Å². The zero-order chi connectivity index (χ0) is 13.1. The molecule has 98 valence electrons. The minimum absolute atomic E-state index is 0.122. The van der Waals surface area contributed by atoms with Crippen LogP contribution < -0.4 is 11.1 Å². The highest BCUT2D eigenvalue weighted by atomic mass is 16.3. The van der Waals surface area contributed by atoms with Crippen LogP contribution in [0.3, 0.4) is 0 Å². The van der Waals surface area contributed by atoms with Crippen molar-refractivity contribution in [2.24, 2.45) is 0 Å². The smallest absolute Gasteiger partial charge is 0.251 e. The number of nitrogens with two attached hydrogens (primary N) is 1. The quantitative estimate of drug-likeness (QED) is 0.696. The lowest BCUT2D eigenvalue weighted by molar-refractivity contribution is 0.0717. The molecule has 1 aromatic carbocycles. The summed E-state index contributed by atoms with van der Waals surface area (Å²) in [6.45, 7) is 1.86. The van der Waals surface area contributed by atoms with Crippen molar-refractivity contribution in [3.63, 3.8) is 0 Å². The van der Waals surface area contributed by atoms with Gasteiger partial charge in [0.15, 0.2) is 0 Å². The van der Waals surface area contributed by atoms with E-state index in [4.69, 9.17) is 5.73 Å². The highest BCUT2D eigenvalue weighted by Gasteiger charge is 2.25. The molecule has 1 aromatic rings. The number of nitrogens with one attached hydrogen (secondary N) is 1. The lowest BCUT2D eigenvalue weighted by Crippen LogP contribution is -2.45. The van der Waals surface area contributed by atoms with E-state index in [1.807, 2.05) is 6.92 Å². The summed E-state index contributed by atoms with van der Waals surface area (Å²) in [5, 5.41) is 12.8. The Hall–Kier alpha value is -1.55. The van der Waals surface area contributed by atoms with Gasteiger partial charge >= 0.3 is 0 Å². The highest BCUT2D eigenvalue weighted by Crippen LogP contribution is 2.19. The first-order valence-corrected chi connectivity index (χ1v) is 6.43. The van der Waals surface area contributed by atoms with Crippen LogP contribution in [0.2, 0.25) is 0 Å². The summed E-state index contributed by atoms with van der Waals surface area (Å²) >= 11 is 0. The van der Waals surface area contributed by atoms with Crippen molar-refractivity contribution in [3.05, 3.63) is 29.3 Å². The van der Waals surface area contributed by atoms with Gasteiger partial charge in [-0.15, -0.1) is 0 Å². The Morgan fingerprint density at radius 1 is 1.39 bits per heavy atom. The minimum Gasteiger partial charge on any atom is -0.399 e. The molecule has 2 rings (SSSR count). The topological polar surface area (TPSA) is 75.4 Å². The van der Waals surface area contributed by atoms with Gasteiger partial charge in [-0.25, -0.2) is 0 Å². The van der Waals surface area contributed by atoms with Crippen LogP contribution >= 0.6 is 0 Å². The summed E-state index contributed by atoms with van der Waals surface area (Å²) < 4.78 is 0. The van der Waals surface area contributed by atoms with E-state index in [-0.39, 0.29) is 11.9 Å². The number of nitrogen functional groups attached to an aromatic ring is 1. The minimum atomic E-state index is -0.420. The van der Waals surface area contributed by atoms with Crippen molar-refractivity contribution < 1.29 is 9.90 Å². The Labute approximate surface area is 107 Å². The first kappa shape index (κ1) is 12.9. The molecule has 0 aliphatic heterocycles. The third-order valence-electron chi connectivity index (χ3n) is 3.54. The summed E-state index contributed by atoms with van der Waals surface area (Å²) in [5.41, 5.74) is 7.80. The van der Waals surface area contributed by atoms with Crippen molar-refractivity contribution in [1.29, 1.82) is 0 Å². The first-order chi connectivity index (χ1) is 8.58. The van der Waals surface area contributed by atoms with Crippen molar-refractivity contribution >= 4 is 11.6 Å². The van der Waals surface area contributed by atoms with E-state index in [1.165, 1.54) is 0 Å². The number of amides is 1. The number of carbonyl (C=O) groups excluding carboxylic acids is 1. The molecule has 4 N–H and O–H groups in total. The number of carbonyl (C=O) groups is 1. The average molecular weight is 248 g/mol. The van der Waals surface area contributed by atoms with Crippen LogP contribution in [0.1, 0.15) is 41.6 Å². The number of aryl methyl sites for hydroxylation is 1. The van der Waals surface area contributed by atoms with E-state index in [9.17, 15) is 9.90 Å². The Balaban J connectivity index is 2.07. The number of hydrogen-bond acceptors (Lipinski definition) is 3. The van der Waals surface area contributed by atoms with E-state index in [2.05, 4.69) is 5.32 Å². The highest BCUT2D eigenvalue weighted by molar-refractivity contribution is 5.96. The molecule has 0 radical (unpaired) electrons. The van der Waals surface area contributed by atoms with Gasteiger partial charge in [0.1, 0.15) is 0 Å². The van der Waals surface area contributed by atoms with Crippen LogP contribution in [-0.4, -0.2) is 23.2 Å². The van der Waals surface area contributed by atoms with Gasteiger partial charge in [0.05, 0.1) is 12.1 Å². The lowest BCUT2D eigenvalue weighted by atomic mass is 9.92. The second-order valence-electron chi connectivity index (χ2n) is 5.01. The van der Waals surface area contributed by atoms with E-state index in [0.29, 0.717) is 11.3 Å². The molecule has 2 atom stereocenters. The molecule has 1 saturated carbocycles. The Bertz CT molecular complexity index is 445. The number of benzene rings is 1. The van der Waals surface area contributed by atoms with Gasteiger partial charge in [0.2, 0.25) is 0 Å². The van der Waals surface area contributed by atoms with Gasteiger partial charge in [-0.3, -0.25) is 4.79 Å². The van der Waals surface area contributed by atoms with Gasteiger partial charge in [0.25, 0.3) is 5.91 Å². The fraction of sp³-hybridized carbons (Fsp3) is 0.500. The van der Waals surface area contributed by atoms with Crippen LogP contribution in [0.5, 0.6) is 0 Å². The average Bonchev–Trinajstić information content (AvgIpc) is 2.32. The van der Waals surface area contributed by atoms with Crippen LogP contribution in [0.15, 0.2) is 18.2 Å². The monoisotopic (exact) mass is 248 g/mol. The summed E-state index contributed by atoms with van der Waals surface area (Å²) in [4.78, 5) is 12.1. The van der Waals surface area contributed by atoms with Gasteiger partial charge in [-0.1, -0.05) is 12.8 Å². The van der Waals surface area contributed by atoms with Crippen LogP contribution in [-0.2, 0) is 0 Å². The molecular formula is C14H20N2O2. The predicted octanol–water partition coefficient (Wildman–Crippen LogP) is 1.61. The van der Waals surface area contributed by atoms with Crippen molar-refractivity contribution in [2.75, 3.05) is 5.73 Å². The molecule has 1 aliphatic carbocycles. The predicted molar refractivity (Wildman–Crippen MR) is 71.3 cm³/mol. The maximum atomic E-state index is 12.1. The second-order valence-corrected chi connectivity index (χ2v) is 5.01. The van der Waals surface area contributed by atoms with E-state index < -0.39 is 6.10 Å². The third kappa shape index (κ3) is 2.82. The molecule has 1 amide bonds. The summed E-state index contributed by atoms with van der Waals surface area (Å²) in [5.74, 6) is -0.126. The second kappa shape index (κ2) is 5.40. The number of aliphatic hydroxyl groups excluding tert-OH is 1. The number of rotatable bonds is 2. The van der Waals surface area contributed by atoms with Crippen molar-refractivity contribution in [1.82, 2.24) is 5.32 Å². The fourth-order valence-electron chi connectivity index (χ4n) is 2.47. The number of hydrogen-bond donors (Lipinski definition) is 3. The molecule has 1 fully saturated rings. The SMILES string of the molecule is Cc1cc(N)ccc1C(=O)NC1CCCCC1O. The maximum Gasteiger partial charge on any atom is 0.251 e. The van der Waals surface area contributed by atoms with Crippen LogP contribution in [0.4, 0.5) is 5.69 Å². The first-order valence-electron chi connectivity index (χ1n) is 6.43. The van der Waals surface area contributed by atoms with Gasteiger partial charge in [-0.2, -0.15) is 0 Å². The summed E-state index contributed by atoms with van der Waals surface area (Å²) in [6.07, 6.45) is 3.29. The van der Waals surface area contributed by atoms with Crippen LogP contribution in [0, 0.1) is 6.92 Å². The third-order valence-corrected chi connectivity index (χ3v) is 3.54. The number of aliphatic hydroxyl groups is 1. The van der Waals surface area contributed by atoms with Crippen molar-refractivity contribution in [2.45, 2.75) is 44.8 Å². The fourth-order valence-corrected chi connectivity index (χ4v) is 2.47. The zero-order valence-corrected chi connectivity index (χ0v) is 10.6. The van der Waals surface area contributed by atoms with E-state index in [0.717, 1.165) is 31.2 Å². The maximum absolute atomic E-state index is 12.1. The molecule has 0 spiro atoms. The Kier molecular flexibility index (Phi) is 3.87. The molecule has 2 unspecified atom stereocenters.